The lowest BCUT2D eigenvalue weighted by Crippen LogP contribution is -2.25. The Bertz CT molecular complexity index is 693. The van der Waals surface area contributed by atoms with Crippen molar-refractivity contribution >= 4 is 5.78 Å². The van der Waals surface area contributed by atoms with Crippen molar-refractivity contribution in [1.29, 1.82) is 0 Å². The first-order chi connectivity index (χ1) is 9.54. The van der Waals surface area contributed by atoms with Gasteiger partial charge in [-0.3, -0.25) is 4.79 Å². The average molecular weight is 272 g/mol. The van der Waals surface area contributed by atoms with Crippen LogP contribution in [0.4, 0.5) is 0 Å². The lowest BCUT2D eigenvalue weighted by Gasteiger charge is -2.25. The van der Waals surface area contributed by atoms with E-state index in [-0.39, 0.29) is 29.5 Å². The van der Waals surface area contributed by atoms with Gasteiger partial charge in [0.1, 0.15) is 23.0 Å². The molecule has 1 unspecified atom stereocenters. The van der Waals surface area contributed by atoms with E-state index in [1.54, 1.807) is 6.07 Å². The quantitative estimate of drug-likeness (QED) is 0.739. The van der Waals surface area contributed by atoms with E-state index < -0.39 is 6.10 Å². The van der Waals surface area contributed by atoms with Gasteiger partial charge in [0.05, 0.1) is 0 Å². The van der Waals surface area contributed by atoms with Gasteiger partial charge in [-0.1, -0.05) is 6.07 Å². The smallest absolute Gasteiger partial charge is 0.186 e. The van der Waals surface area contributed by atoms with Crippen molar-refractivity contribution in [2.24, 2.45) is 0 Å². The van der Waals surface area contributed by atoms with Crippen LogP contribution in [-0.4, -0.2) is 21.1 Å². The van der Waals surface area contributed by atoms with E-state index in [0.717, 1.165) is 6.07 Å². The third-order valence-corrected chi connectivity index (χ3v) is 3.25. The highest BCUT2D eigenvalue weighted by Gasteiger charge is 2.31. The molecule has 5 heteroatoms. The first kappa shape index (κ1) is 12.3. The van der Waals surface area contributed by atoms with Crippen LogP contribution in [0.2, 0.25) is 0 Å². The zero-order valence-electron chi connectivity index (χ0n) is 10.4. The van der Waals surface area contributed by atoms with E-state index >= 15 is 0 Å². The van der Waals surface area contributed by atoms with Crippen LogP contribution in [0.25, 0.3) is 0 Å². The van der Waals surface area contributed by atoms with Gasteiger partial charge >= 0.3 is 0 Å². The Kier molecular flexibility index (Phi) is 2.75. The number of carbonyl (C=O) groups is 1. The van der Waals surface area contributed by atoms with E-state index in [0.29, 0.717) is 16.9 Å². The molecule has 0 saturated carbocycles. The standard InChI is InChI=1S/C15H12O5/c16-9-3-4-11(12(18)6-9)15-13(19)5-8-1-2-10(17)7-14(8)20-15/h1-4,6-7,15-18H,5H2. The second-order valence-electron chi connectivity index (χ2n) is 4.68. The normalized spacial score (nSPS) is 17.4. The molecule has 0 fully saturated rings. The fourth-order valence-electron chi connectivity index (χ4n) is 2.26. The van der Waals surface area contributed by atoms with E-state index in [2.05, 4.69) is 0 Å². The number of fused-ring (bicyclic) bond motifs is 1. The maximum Gasteiger partial charge on any atom is 0.186 e. The zero-order chi connectivity index (χ0) is 14.3. The largest absolute Gasteiger partial charge is 0.508 e. The number of ketones is 1. The summed E-state index contributed by atoms with van der Waals surface area (Å²) in [5.41, 5.74) is 0.990. The number of hydrogen-bond donors (Lipinski definition) is 3. The number of phenolic OH excluding ortho intramolecular Hbond substituents is 3. The summed E-state index contributed by atoms with van der Waals surface area (Å²) in [6.07, 6.45) is -0.773. The maximum atomic E-state index is 12.1. The molecule has 0 spiro atoms. The molecule has 3 N–H and O–H groups in total. The number of rotatable bonds is 1. The van der Waals surface area contributed by atoms with Crippen LogP contribution >= 0.6 is 0 Å². The summed E-state index contributed by atoms with van der Waals surface area (Å²) in [4.78, 5) is 12.1. The van der Waals surface area contributed by atoms with Gasteiger partial charge < -0.3 is 20.1 Å². The first-order valence-corrected chi connectivity index (χ1v) is 6.08. The summed E-state index contributed by atoms with van der Waals surface area (Å²) in [5.74, 6) is -0.0162. The third kappa shape index (κ3) is 2.03. The molecule has 102 valence electrons. The van der Waals surface area contributed by atoms with Crippen LogP contribution in [-0.2, 0) is 11.2 Å². The van der Waals surface area contributed by atoms with Crippen molar-refractivity contribution in [1.82, 2.24) is 0 Å². The monoisotopic (exact) mass is 272 g/mol. The van der Waals surface area contributed by atoms with Crippen molar-refractivity contribution in [3.63, 3.8) is 0 Å². The van der Waals surface area contributed by atoms with Crippen LogP contribution in [0.5, 0.6) is 23.0 Å². The summed E-state index contributed by atoms with van der Waals surface area (Å²) in [7, 11) is 0. The number of hydrogen-bond acceptors (Lipinski definition) is 5. The highest BCUT2D eigenvalue weighted by Crippen LogP contribution is 2.38. The van der Waals surface area contributed by atoms with Crippen LogP contribution in [0.15, 0.2) is 36.4 Å². The van der Waals surface area contributed by atoms with Crippen LogP contribution < -0.4 is 4.74 Å². The van der Waals surface area contributed by atoms with Crippen LogP contribution in [0.1, 0.15) is 17.2 Å². The molecule has 0 radical (unpaired) electrons. The van der Waals surface area contributed by atoms with Crippen molar-refractivity contribution < 1.29 is 24.9 Å². The lowest BCUT2D eigenvalue weighted by molar-refractivity contribution is -0.126. The molecule has 0 saturated heterocycles. The number of ether oxygens (including phenoxy) is 1. The van der Waals surface area contributed by atoms with Crippen molar-refractivity contribution in [2.45, 2.75) is 12.5 Å². The van der Waals surface area contributed by atoms with Gasteiger partial charge in [0.2, 0.25) is 0 Å². The lowest BCUT2D eigenvalue weighted by atomic mass is 9.95. The molecule has 2 aromatic rings. The van der Waals surface area contributed by atoms with Crippen LogP contribution in [0.3, 0.4) is 0 Å². The Morgan fingerprint density at radius 1 is 1.00 bits per heavy atom. The van der Waals surface area contributed by atoms with Crippen molar-refractivity contribution in [2.75, 3.05) is 0 Å². The summed E-state index contributed by atoms with van der Waals surface area (Å²) in [6.45, 7) is 0. The Morgan fingerprint density at radius 3 is 2.45 bits per heavy atom. The molecule has 1 aliphatic heterocycles. The fourth-order valence-corrected chi connectivity index (χ4v) is 2.26. The Labute approximate surface area is 114 Å². The highest BCUT2D eigenvalue weighted by molar-refractivity contribution is 5.89. The zero-order valence-corrected chi connectivity index (χ0v) is 10.4. The van der Waals surface area contributed by atoms with Gasteiger partial charge in [-0.25, -0.2) is 0 Å². The Hall–Kier alpha value is -2.69. The molecule has 1 heterocycles. The topological polar surface area (TPSA) is 87.0 Å². The van der Waals surface area contributed by atoms with Gasteiger partial charge in [0.15, 0.2) is 11.9 Å². The molecule has 0 aliphatic carbocycles. The molecule has 20 heavy (non-hydrogen) atoms. The Balaban J connectivity index is 2.01. The minimum Gasteiger partial charge on any atom is -0.508 e. The van der Waals surface area contributed by atoms with Gasteiger partial charge in [-0.05, 0) is 18.2 Å². The first-order valence-electron chi connectivity index (χ1n) is 6.08. The fraction of sp³-hybridized carbons (Fsp3) is 0.133. The maximum absolute atomic E-state index is 12.1. The Morgan fingerprint density at radius 2 is 1.70 bits per heavy atom. The number of aromatic hydroxyl groups is 3. The molecule has 0 amide bonds. The molecular formula is C15H12O5. The number of Topliss-reactive ketones (excluding diaryl/α,β-unsaturated/α-hetero) is 1. The second kappa shape index (κ2) is 4.45. The number of phenols is 3. The average Bonchev–Trinajstić information content (AvgIpc) is 2.39. The summed E-state index contributed by atoms with van der Waals surface area (Å²) >= 11 is 0. The molecule has 1 aliphatic rings. The van der Waals surface area contributed by atoms with Crippen molar-refractivity contribution in [3.8, 4) is 23.0 Å². The molecule has 0 bridgehead atoms. The molecule has 0 aromatic heterocycles. The van der Waals surface area contributed by atoms with E-state index in [9.17, 15) is 20.1 Å². The molecular weight excluding hydrogens is 260 g/mol. The van der Waals surface area contributed by atoms with Gasteiger partial charge in [-0.15, -0.1) is 0 Å². The van der Waals surface area contributed by atoms with E-state index in [4.69, 9.17) is 4.74 Å². The number of carbonyl (C=O) groups excluding carboxylic acids is 1. The molecule has 3 rings (SSSR count). The van der Waals surface area contributed by atoms with Gasteiger partial charge in [0.25, 0.3) is 0 Å². The van der Waals surface area contributed by atoms with Crippen LogP contribution in [0, 0.1) is 0 Å². The van der Waals surface area contributed by atoms with E-state index in [1.165, 1.54) is 24.3 Å². The molecule has 1 atom stereocenters. The van der Waals surface area contributed by atoms with E-state index in [1.807, 2.05) is 0 Å². The predicted octanol–water partition coefficient (Wildman–Crippen LogP) is 2.05. The minimum atomic E-state index is -0.940. The third-order valence-electron chi connectivity index (χ3n) is 3.25. The number of benzene rings is 2. The molecule has 2 aromatic carbocycles. The SMILES string of the molecule is O=C1Cc2ccc(O)cc2OC1c1ccc(O)cc1O. The highest BCUT2D eigenvalue weighted by atomic mass is 16.5. The van der Waals surface area contributed by atoms with Gasteiger partial charge in [0, 0.05) is 29.7 Å². The predicted molar refractivity (Wildman–Crippen MR) is 70.0 cm³/mol. The second-order valence-corrected chi connectivity index (χ2v) is 4.68. The minimum absolute atomic E-state index is 0.0479. The summed E-state index contributed by atoms with van der Waals surface area (Å²) < 4.78 is 5.58. The summed E-state index contributed by atoms with van der Waals surface area (Å²) in [6, 6.07) is 8.55. The van der Waals surface area contributed by atoms with Gasteiger partial charge in [-0.2, -0.15) is 0 Å². The molecule has 5 nitrogen and oxygen atoms in total. The van der Waals surface area contributed by atoms with Crippen molar-refractivity contribution in [3.05, 3.63) is 47.5 Å². The summed E-state index contributed by atoms with van der Waals surface area (Å²) in [5, 5.41) is 28.6.